The summed E-state index contributed by atoms with van der Waals surface area (Å²) >= 11 is 1.59. The first-order valence-corrected chi connectivity index (χ1v) is 8.64. The third-order valence-corrected chi connectivity index (χ3v) is 4.82. The van der Waals surface area contributed by atoms with Crippen LogP contribution >= 0.6 is 11.3 Å². The number of methoxy groups -OCH3 is 1. The molecule has 0 atom stereocenters. The molecule has 3 aromatic rings. The fourth-order valence-electron chi connectivity index (χ4n) is 2.63. The van der Waals surface area contributed by atoms with Crippen LogP contribution in [0.15, 0.2) is 35.7 Å². The number of nitrogens with zero attached hydrogens (tertiary/aromatic N) is 2. The van der Waals surface area contributed by atoms with Crippen LogP contribution in [0, 0.1) is 6.92 Å². The van der Waals surface area contributed by atoms with Crippen LogP contribution < -0.4 is 9.47 Å². The summed E-state index contributed by atoms with van der Waals surface area (Å²) in [4.78, 5) is 12.0. The maximum absolute atomic E-state index is 11.0. The van der Waals surface area contributed by atoms with E-state index >= 15 is 0 Å². The molecule has 1 N–H and O–H groups in total. The third-order valence-electron chi connectivity index (χ3n) is 3.77. The van der Waals surface area contributed by atoms with Crippen LogP contribution in [0.5, 0.6) is 11.6 Å². The third kappa shape index (κ3) is 3.36. The molecule has 0 aliphatic rings. The molecule has 130 valence electrons. The molecular formula is C18H18N2O4S. The lowest BCUT2D eigenvalue weighted by molar-refractivity contribution is 0.142. The summed E-state index contributed by atoms with van der Waals surface area (Å²) in [5.74, 6) is 0.856. The molecule has 0 radical (unpaired) electrons. The predicted molar refractivity (Wildman–Crippen MR) is 96.2 cm³/mol. The van der Waals surface area contributed by atoms with E-state index in [1.165, 1.54) is 0 Å². The van der Waals surface area contributed by atoms with E-state index in [1.807, 2.05) is 38.1 Å². The molecule has 0 saturated carbocycles. The molecule has 6 nitrogen and oxygen atoms in total. The number of carbonyl (C=O) groups is 1. The Bertz CT molecular complexity index is 896. The van der Waals surface area contributed by atoms with Gasteiger partial charge in [-0.2, -0.15) is 0 Å². The Morgan fingerprint density at radius 1 is 1.32 bits per heavy atom. The van der Waals surface area contributed by atoms with Crippen LogP contribution in [0.2, 0.25) is 0 Å². The molecule has 3 rings (SSSR count). The average molecular weight is 358 g/mol. The maximum Gasteiger partial charge on any atom is 0.512 e. The summed E-state index contributed by atoms with van der Waals surface area (Å²) < 4.78 is 11.8. The summed E-state index contributed by atoms with van der Waals surface area (Å²) in [5, 5.41) is 15.5. The Morgan fingerprint density at radius 3 is 2.56 bits per heavy atom. The first-order chi connectivity index (χ1) is 12.0. The second-order valence-electron chi connectivity index (χ2n) is 5.45. The largest absolute Gasteiger partial charge is 0.512 e. The molecule has 0 fully saturated rings. The van der Waals surface area contributed by atoms with Crippen molar-refractivity contribution in [2.45, 2.75) is 20.3 Å². The number of ether oxygens (including phenoxy) is 2. The first kappa shape index (κ1) is 17.0. The minimum atomic E-state index is -1.37. The predicted octanol–water partition coefficient (Wildman–Crippen LogP) is 4.54. The van der Waals surface area contributed by atoms with Gasteiger partial charge in [-0.3, -0.25) is 0 Å². The SMILES string of the molecule is CCc1c(OC(=O)O)nn(-c2ccc(OC)cc2)c1-c1cc(C)cs1. The van der Waals surface area contributed by atoms with Gasteiger partial charge in [0.1, 0.15) is 5.75 Å². The van der Waals surface area contributed by atoms with Crippen molar-refractivity contribution in [3.8, 4) is 27.9 Å². The van der Waals surface area contributed by atoms with Gasteiger partial charge in [-0.25, -0.2) is 9.48 Å². The number of aromatic nitrogens is 2. The Hall–Kier alpha value is -2.80. The maximum atomic E-state index is 11.0. The second kappa shape index (κ2) is 6.98. The van der Waals surface area contributed by atoms with Crippen molar-refractivity contribution in [1.82, 2.24) is 9.78 Å². The monoisotopic (exact) mass is 358 g/mol. The van der Waals surface area contributed by atoms with Gasteiger partial charge in [0, 0.05) is 5.56 Å². The van der Waals surface area contributed by atoms with Crippen LogP contribution in [0.1, 0.15) is 18.1 Å². The number of thiophene rings is 1. The molecule has 25 heavy (non-hydrogen) atoms. The van der Waals surface area contributed by atoms with Crippen molar-refractivity contribution in [1.29, 1.82) is 0 Å². The molecule has 2 heterocycles. The molecule has 0 aliphatic heterocycles. The lowest BCUT2D eigenvalue weighted by Crippen LogP contribution is -2.05. The highest BCUT2D eigenvalue weighted by molar-refractivity contribution is 7.13. The number of aryl methyl sites for hydroxylation is 1. The molecule has 7 heteroatoms. The summed E-state index contributed by atoms with van der Waals surface area (Å²) in [6, 6.07) is 9.48. The van der Waals surface area contributed by atoms with Crippen LogP contribution in [-0.4, -0.2) is 28.2 Å². The van der Waals surface area contributed by atoms with E-state index in [2.05, 4.69) is 16.5 Å². The van der Waals surface area contributed by atoms with Crippen molar-refractivity contribution in [2.75, 3.05) is 7.11 Å². The molecular weight excluding hydrogens is 340 g/mol. The van der Waals surface area contributed by atoms with E-state index in [9.17, 15) is 4.79 Å². The molecule has 1 aromatic carbocycles. The van der Waals surface area contributed by atoms with Crippen molar-refractivity contribution < 1.29 is 19.4 Å². The van der Waals surface area contributed by atoms with Gasteiger partial charge in [0.05, 0.1) is 23.4 Å². The molecule has 0 saturated heterocycles. The minimum absolute atomic E-state index is 0.117. The van der Waals surface area contributed by atoms with Crippen molar-refractivity contribution in [2.24, 2.45) is 0 Å². The van der Waals surface area contributed by atoms with E-state index in [1.54, 1.807) is 23.1 Å². The molecule has 0 unspecified atom stereocenters. The summed E-state index contributed by atoms with van der Waals surface area (Å²) in [6.45, 7) is 3.97. The summed E-state index contributed by atoms with van der Waals surface area (Å²) in [7, 11) is 1.61. The van der Waals surface area contributed by atoms with Crippen LogP contribution in [-0.2, 0) is 6.42 Å². The normalized spacial score (nSPS) is 10.7. The van der Waals surface area contributed by atoms with E-state index in [4.69, 9.17) is 14.6 Å². The Balaban J connectivity index is 2.20. The zero-order valence-electron chi connectivity index (χ0n) is 14.1. The van der Waals surface area contributed by atoms with Crippen LogP contribution in [0.4, 0.5) is 4.79 Å². The zero-order chi connectivity index (χ0) is 18.0. The smallest absolute Gasteiger partial charge is 0.497 e. The van der Waals surface area contributed by atoms with Gasteiger partial charge >= 0.3 is 6.16 Å². The lowest BCUT2D eigenvalue weighted by Gasteiger charge is -2.08. The highest BCUT2D eigenvalue weighted by Crippen LogP contribution is 2.37. The van der Waals surface area contributed by atoms with Gasteiger partial charge in [0.2, 0.25) is 5.88 Å². The minimum Gasteiger partial charge on any atom is -0.497 e. The van der Waals surface area contributed by atoms with E-state index in [-0.39, 0.29) is 5.88 Å². The first-order valence-electron chi connectivity index (χ1n) is 7.76. The molecule has 2 aromatic heterocycles. The van der Waals surface area contributed by atoms with Crippen molar-refractivity contribution in [3.63, 3.8) is 0 Å². The number of hydrogen-bond acceptors (Lipinski definition) is 5. The van der Waals surface area contributed by atoms with Gasteiger partial charge in [0.15, 0.2) is 0 Å². The summed E-state index contributed by atoms with van der Waals surface area (Å²) in [5.41, 5.74) is 3.56. The van der Waals surface area contributed by atoms with Gasteiger partial charge in [-0.15, -0.1) is 16.4 Å². The number of benzene rings is 1. The highest BCUT2D eigenvalue weighted by Gasteiger charge is 2.23. The number of hydrogen-bond donors (Lipinski definition) is 1. The standard InChI is InChI=1S/C18H18N2O4S/c1-4-14-16(15-9-11(2)10-25-15)20(19-17(14)24-18(21)22)12-5-7-13(23-3)8-6-12/h5-10H,4H2,1-3H3,(H,21,22). The van der Waals surface area contributed by atoms with Crippen LogP contribution in [0.3, 0.4) is 0 Å². The average Bonchev–Trinajstić information content (AvgIpc) is 3.17. The fourth-order valence-corrected chi connectivity index (χ4v) is 3.59. The van der Waals surface area contributed by atoms with Crippen LogP contribution in [0.25, 0.3) is 16.3 Å². The molecule has 0 aliphatic carbocycles. The number of rotatable bonds is 5. The Morgan fingerprint density at radius 2 is 2.04 bits per heavy atom. The quantitative estimate of drug-likeness (QED) is 0.678. The molecule has 0 spiro atoms. The van der Waals surface area contributed by atoms with Gasteiger partial charge in [-0.1, -0.05) is 6.92 Å². The second-order valence-corrected chi connectivity index (χ2v) is 6.36. The van der Waals surface area contributed by atoms with Gasteiger partial charge in [0.25, 0.3) is 0 Å². The van der Waals surface area contributed by atoms with Gasteiger partial charge in [-0.05, 0) is 54.6 Å². The van der Waals surface area contributed by atoms with E-state index in [0.29, 0.717) is 6.42 Å². The lowest BCUT2D eigenvalue weighted by atomic mass is 10.1. The molecule has 0 bridgehead atoms. The molecule has 0 amide bonds. The van der Waals surface area contributed by atoms with Crippen molar-refractivity contribution in [3.05, 3.63) is 46.8 Å². The Labute approximate surface area is 149 Å². The zero-order valence-corrected chi connectivity index (χ0v) is 15.0. The fraction of sp³-hybridized carbons (Fsp3) is 0.222. The number of carboxylic acid groups (broad SMARTS) is 1. The van der Waals surface area contributed by atoms with E-state index < -0.39 is 6.16 Å². The van der Waals surface area contributed by atoms with Gasteiger partial charge < -0.3 is 14.6 Å². The Kier molecular flexibility index (Phi) is 4.76. The summed E-state index contributed by atoms with van der Waals surface area (Å²) in [6.07, 6.45) is -0.770. The van der Waals surface area contributed by atoms with Crippen molar-refractivity contribution >= 4 is 17.5 Å². The topological polar surface area (TPSA) is 73.6 Å². The van der Waals surface area contributed by atoms with E-state index in [0.717, 1.165) is 33.1 Å². The highest BCUT2D eigenvalue weighted by atomic mass is 32.1.